The zero-order valence-electron chi connectivity index (χ0n) is 14.0. The Morgan fingerprint density at radius 1 is 1.44 bits per heavy atom. The molecule has 2 aromatic rings. The molecule has 25 heavy (non-hydrogen) atoms. The maximum Gasteiger partial charge on any atom is 0.341 e. The molecule has 8 heteroatoms. The minimum Gasteiger partial charge on any atom is -0.477 e. The molecule has 1 aliphatic carbocycles. The molecule has 0 bridgehead atoms. The third kappa shape index (κ3) is 2.24. The number of halogens is 1. The van der Waals surface area contributed by atoms with Crippen molar-refractivity contribution in [1.82, 2.24) is 9.55 Å². The van der Waals surface area contributed by atoms with E-state index in [9.17, 15) is 19.1 Å². The van der Waals surface area contributed by atoms with Gasteiger partial charge in [-0.1, -0.05) is 0 Å². The maximum absolute atomic E-state index is 14.7. The number of hydrogen-bond donors (Lipinski definition) is 2. The lowest BCUT2D eigenvalue weighted by Gasteiger charge is -2.54. The van der Waals surface area contributed by atoms with Crippen molar-refractivity contribution in [1.29, 1.82) is 0 Å². The van der Waals surface area contributed by atoms with E-state index in [2.05, 4.69) is 4.98 Å². The third-order valence-electron chi connectivity index (χ3n) is 5.35. The van der Waals surface area contributed by atoms with Gasteiger partial charge in [0.15, 0.2) is 11.6 Å². The Hall–Kier alpha value is -2.48. The number of anilines is 1. The predicted octanol–water partition coefficient (Wildman–Crippen LogP) is 1.49. The van der Waals surface area contributed by atoms with Crippen LogP contribution in [0.3, 0.4) is 0 Å². The quantitative estimate of drug-likeness (QED) is 0.873. The summed E-state index contributed by atoms with van der Waals surface area (Å²) in [5.74, 6) is -1.81. The van der Waals surface area contributed by atoms with Crippen LogP contribution in [0.4, 0.5) is 10.2 Å². The van der Waals surface area contributed by atoms with Gasteiger partial charge in [0.05, 0.1) is 10.9 Å². The summed E-state index contributed by atoms with van der Waals surface area (Å²) in [7, 11) is 0. The molecule has 4 rings (SSSR count). The van der Waals surface area contributed by atoms with Crippen molar-refractivity contribution in [3.8, 4) is 0 Å². The smallest absolute Gasteiger partial charge is 0.341 e. The van der Waals surface area contributed by atoms with Crippen molar-refractivity contribution in [3.63, 3.8) is 0 Å². The van der Waals surface area contributed by atoms with Crippen LogP contribution in [0.2, 0.25) is 0 Å². The van der Waals surface area contributed by atoms with Gasteiger partial charge in [-0.3, -0.25) is 4.79 Å². The fourth-order valence-electron chi connectivity index (χ4n) is 3.31. The molecule has 0 aromatic carbocycles. The van der Waals surface area contributed by atoms with Crippen LogP contribution in [-0.4, -0.2) is 38.8 Å². The molecule has 0 radical (unpaired) electrons. The Balaban J connectivity index is 1.97. The first-order valence-corrected chi connectivity index (χ1v) is 8.23. The second kappa shape index (κ2) is 5.01. The highest BCUT2D eigenvalue weighted by Gasteiger charge is 2.46. The maximum atomic E-state index is 14.7. The van der Waals surface area contributed by atoms with E-state index in [0.29, 0.717) is 12.2 Å². The minimum atomic E-state index is -1.32. The van der Waals surface area contributed by atoms with Gasteiger partial charge in [-0.2, -0.15) is 0 Å². The van der Waals surface area contributed by atoms with Crippen molar-refractivity contribution in [2.24, 2.45) is 5.73 Å². The van der Waals surface area contributed by atoms with Crippen LogP contribution in [0.15, 0.2) is 17.1 Å². The highest BCUT2D eigenvalue weighted by Crippen LogP contribution is 2.39. The normalized spacial score (nSPS) is 22.1. The molecule has 1 saturated carbocycles. The lowest BCUT2D eigenvalue weighted by atomic mass is 9.83. The number of rotatable bonds is 3. The van der Waals surface area contributed by atoms with Crippen molar-refractivity contribution in [2.75, 3.05) is 11.4 Å². The Morgan fingerprint density at radius 2 is 2.12 bits per heavy atom. The van der Waals surface area contributed by atoms with Crippen LogP contribution in [0.5, 0.6) is 0 Å². The number of aromatic carboxylic acids is 1. The Bertz CT molecular complexity index is 964. The molecule has 0 unspecified atom stereocenters. The number of pyridine rings is 2. The first kappa shape index (κ1) is 16.0. The summed E-state index contributed by atoms with van der Waals surface area (Å²) in [6.07, 6.45) is 3.09. The second-order valence-corrected chi connectivity index (χ2v) is 7.35. The van der Waals surface area contributed by atoms with Crippen LogP contribution in [0.1, 0.15) is 43.1 Å². The number of carboxylic acids is 1. The molecule has 2 aliphatic rings. The van der Waals surface area contributed by atoms with Gasteiger partial charge in [-0.15, -0.1) is 0 Å². The summed E-state index contributed by atoms with van der Waals surface area (Å²) < 4.78 is 16.4. The van der Waals surface area contributed by atoms with Crippen molar-refractivity contribution in [2.45, 2.75) is 44.3 Å². The van der Waals surface area contributed by atoms with Crippen molar-refractivity contribution in [3.05, 3.63) is 33.9 Å². The minimum absolute atomic E-state index is 0.00400. The summed E-state index contributed by atoms with van der Waals surface area (Å²) >= 11 is 0. The molecule has 3 N–H and O–H groups in total. The number of nitrogens with two attached hydrogens (primary N) is 1. The van der Waals surface area contributed by atoms with E-state index >= 15 is 0 Å². The molecule has 3 heterocycles. The number of carboxylic acid groups (broad SMARTS) is 1. The lowest BCUT2D eigenvalue weighted by Crippen LogP contribution is -2.72. The Labute approximate surface area is 142 Å². The van der Waals surface area contributed by atoms with Crippen LogP contribution in [0, 0.1) is 5.82 Å². The number of carbonyl (C=O) groups is 1. The first-order chi connectivity index (χ1) is 11.7. The molecule has 1 aliphatic heterocycles. The summed E-state index contributed by atoms with van der Waals surface area (Å²) in [5.41, 5.74) is 4.81. The average Bonchev–Trinajstić information content (AvgIpc) is 3.37. The number of hydrogen-bond acceptors (Lipinski definition) is 5. The van der Waals surface area contributed by atoms with Crippen LogP contribution < -0.4 is 16.1 Å². The number of nitrogens with zero attached hydrogens (tertiary/aromatic N) is 3. The summed E-state index contributed by atoms with van der Waals surface area (Å²) in [4.78, 5) is 30.0. The van der Waals surface area contributed by atoms with Crippen LogP contribution in [0.25, 0.3) is 11.0 Å². The van der Waals surface area contributed by atoms with Gasteiger partial charge < -0.3 is 20.3 Å². The zero-order valence-corrected chi connectivity index (χ0v) is 14.0. The van der Waals surface area contributed by atoms with Gasteiger partial charge in [0.25, 0.3) is 0 Å². The monoisotopic (exact) mass is 346 g/mol. The van der Waals surface area contributed by atoms with E-state index in [1.807, 2.05) is 13.8 Å². The third-order valence-corrected chi connectivity index (χ3v) is 5.35. The van der Waals surface area contributed by atoms with Gasteiger partial charge in [0.1, 0.15) is 11.2 Å². The summed E-state index contributed by atoms with van der Waals surface area (Å²) in [5, 5.41) is 9.26. The summed E-state index contributed by atoms with van der Waals surface area (Å²) in [6, 6.07) is 1.11. The molecular weight excluding hydrogens is 327 g/mol. The Morgan fingerprint density at radius 3 is 2.64 bits per heavy atom. The molecular formula is C17H19FN4O3. The van der Waals surface area contributed by atoms with E-state index in [1.54, 1.807) is 9.47 Å². The van der Waals surface area contributed by atoms with E-state index in [4.69, 9.17) is 5.73 Å². The molecule has 2 fully saturated rings. The zero-order chi connectivity index (χ0) is 18.1. The van der Waals surface area contributed by atoms with E-state index in [0.717, 1.165) is 18.9 Å². The molecule has 1 atom stereocenters. The van der Waals surface area contributed by atoms with Crippen molar-refractivity contribution < 1.29 is 14.3 Å². The van der Waals surface area contributed by atoms with Gasteiger partial charge in [-0.25, -0.2) is 14.2 Å². The molecule has 132 valence electrons. The number of aromatic nitrogens is 2. The van der Waals surface area contributed by atoms with Crippen LogP contribution >= 0.6 is 0 Å². The number of fused-ring (bicyclic) bond motifs is 1. The highest BCUT2D eigenvalue weighted by atomic mass is 19.1. The fourth-order valence-corrected chi connectivity index (χ4v) is 3.31. The highest BCUT2D eigenvalue weighted by molar-refractivity contribution is 5.92. The van der Waals surface area contributed by atoms with Crippen LogP contribution in [-0.2, 0) is 0 Å². The van der Waals surface area contributed by atoms with E-state index in [-0.39, 0.29) is 28.9 Å². The topological polar surface area (TPSA) is 101 Å². The molecule has 1 saturated heterocycles. The fraction of sp³-hybridized carbons (Fsp3) is 0.471. The molecule has 2 aromatic heterocycles. The van der Waals surface area contributed by atoms with Gasteiger partial charge in [-0.05, 0) is 32.8 Å². The van der Waals surface area contributed by atoms with Gasteiger partial charge >= 0.3 is 5.97 Å². The Kier molecular flexibility index (Phi) is 3.21. The molecule has 7 nitrogen and oxygen atoms in total. The average molecular weight is 346 g/mol. The standard InChI is InChI=1S/C17H19FN4O3/c1-17(2)12(19)7-22(17)15-11(18)5-9-13(23)10(16(24)25)6-21(8-3-4-8)14(9)20-15/h5-6,8,12H,3-4,7,19H2,1-2H3,(H,24,25)/t12-/m0/s1. The first-order valence-electron chi connectivity index (χ1n) is 8.23. The molecule has 0 spiro atoms. The largest absolute Gasteiger partial charge is 0.477 e. The van der Waals surface area contributed by atoms with Crippen molar-refractivity contribution >= 4 is 22.8 Å². The van der Waals surface area contributed by atoms with Gasteiger partial charge in [0, 0.05) is 24.8 Å². The lowest BCUT2D eigenvalue weighted by molar-refractivity contribution is 0.0695. The summed E-state index contributed by atoms with van der Waals surface area (Å²) in [6.45, 7) is 4.30. The predicted molar refractivity (Wildman–Crippen MR) is 90.6 cm³/mol. The van der Waals surface area contributed by atoms with E-state index in [1.165, 1.54) is 6.20 Å². The molecule has 0 amide bonds. The van der Waals surface area contributed by atoms with Gasteiger partial charge in [0.2, 0.25) is 5.43 Å². The SMILES string of the molecule is CC1(C)[C@@H](N)CN1c1nc2c(cc1F)c(=O)c(C(=O)O)cn2C1CC1. The second-order valence-electron chi connectivity index (χ2n) is 7.35. The van der Waals surface area contributed by atoms with E-state index < -0.39 is 22.8 Å².